The Labute approximate surface area is 84.5 Å². The molecule has 1 rings (SSSR count). The molecule has 14 heavy (non-hydrogen) atoms. The molecule has 0 aromatic heterocycles. The first-order chi connectivity index (χ1) is 6.38. The summed E-state index contributed by atoms with van der Waals surface area (Å²) in [5.41, 5.74) is -0.0131. The average Bonchev–Trinajstić information content (AvgIpc) is 2.01. The van der Waals surface area contributed by atoms with Gasteiger partial charge in [-0.05, 0) is 18.2 Å². The van der Waals surface area contributed by atoms with Gasteiger partial charge in [0.05, 0.1) is 5.56 Å². The van der Waals surface area contributed by atoms with E-state index in [0.29, 0.717) is 0 Å². The van der Waals surface area contributed by atoms with E-state index in [9.17, 15) is 9.36 Å². The second-order valence-electron chi connectivity index (χ2n) is 2.38. The van der Waals surface area contributed by atoms with E-state index < -0.39 is 13.8 Å². The van der Waals surface area contributed by atoms with Gasteiger partial charge >= 0.3 is 13.8 Å². The standard InChI is InChI=1S/C7H6ClO5P/c8-6-3-1-2-5(4-6)7(9)13-14(10,11)12/h1-4H,(H2,10,11,12). The molecule has 0 heterocycles. The van der Waals surface area contributed by atoms with Crippen LogP contribution < -0.4 is 0 Å². The Kier molecular flexibility index (Phi) is 3.29. The van der Waals surface area contributed by atoms with Gasteiger partial charge in [-0.25, -0.2) is 9.36 Å². The number of carbonyl (C=O) groups is 1. The summed E-state index contributed by atoms with van der Waals surface area (Å²) in [6.07, 6.45) is 0. The summed E-state index contributed by atoms with van der Waals surface area (Å²) in [7, 11) is -4.80. The maximum atomic E-state index is 11.0. The fraction of sp³-hybridized carbons (Fsp3) is 0. The largest absolute Gasteiger partial charge is 0.527 e. The molecule has 0 fully saturated rings. The first kappa shape index (κ1) is 11.2. The minimum absolute atomic E-state index is 0.0131. The number of benzene rings is 1. The molecule has 1 aromatic rings. The quantitative estimate of drug-likeness (QED) is 0.762. The molecule has 0 unspecified atom stereocenters. The summed E-state index contributed by atoms with van der Waals surface area (Å²) < 4.78 is 14.2. The molecule has 2 N–H and O–H groups in total. The smallest absolute Gasteiger partial charge is 0.367 e. The molecule has 7 heteroatoms. The third-order valence-corrected chi connectivity index (χ3v) is 1.90. The van der Waals surface area contributed by atoms with Crippen molar-refractivity contribution >= 4 is 25.4 Å². The van der Waals surface area contributed by atoms with Gasteiger partial charge in [0.25, 0.3) is 0 Å². The molecule has 0 aliphatic carbocycles. The summed E-state index contributed by atoms with van der Waals surface area (Å²) in [4.78, 5) is 27.7. The minimum atomic E-state index is -4.80. The summed E-state index contributed by atoms with van der Waals surface area (Å²) in [5, 5.41) is 0.283. The number of carbonyl (C=O) groups excluding carboxylic acids is 1. The van der Waals surface area contributed by atoms with Crippen molar-refractivity contribution in [1.29, 1.82) is 0 Å². The van der Waals surface area contributed by atoms with Crippen molar-refractivity contribution in [1.82, 2.24) is 0 Å². The van der Waals surface area contributed by atoms with Crippen molar-refractivity contribution in [2.45, 2.75) is 0 Å². The Hall–Kier alpha value is -0.870. The van der Waals surface area contributed by atoms with Gasteiger partial charge in [0.2, 0.25) is 0 Å². The van der Waals surface area contributed by atoms with Gasteiger partial charge in [-0.3, -0.25) is 9.79 Å². The Bertz CT molecular complexity index is 399. The van der Waals surface area contributed by atoms with Crippen molar-refractivity contribution in [2.75, 3.05) is 0 Å². The Morgan fingerprint density at radius 3 is 2.57 bits per heavy atom. The predicted octanol–water partition coefficient (Wildman–Crippen LogP) is 1.59. The zero-order chi connectivity index (χ0) is 10.8. The molecule has 0 saturated heterocycles. The fourth-order valence-corrected chi connectivity index (χ4v) is 1.29. The fourth-order valence-electron chi connectivity index (χ4n) is 0.776. The molecule has 0 bridgehead atoms. The van der Waals surface area contributed by atoms with Crippen LogP contribution in [0, 0.1) is 0 Å². The molecule has 0 radical (unpaired) electrons. The summed E-state index contributed by atoms with van der Waals surface area (Å²) in [5.74, 6) is -1.11. The van der Waals surface area contributed by atoms with Gasteiger partial charge < -0.3 is 4.52 Å². The third kappa shape index (κ3) is 3.47. The molecule has 0 atom stereocenters. The van der Waals surface area contributed by atoms with E-state index in [1.807, 2.05) is 0 Å². The molecule has 0 aliphatic heterocycles. The number of rotatable bonds is 2. The van der Waals surface area contributed by atoms with Crippen LogP contribution in [0.5, 0.6) is 0 Å². The Balaban J connectivity index is 2.86. The van der Waals surface area contributed by atoms with Gasteiger partial charge in [0.15, 0.2) is 0 Å². The molecule has 5 nitrogen and oxygen atoms in total. The van der Waals surface area contributed by atoms with Gasteiger partial charge in [-0.15, -0.1) is 0 Å². The predicted molar refractivity (Wildman–Crippen MR) is 48.9 cm³/mol. The lowest BCUT2D eigenvalue weighted by Crippen LogP contribution is -2.02. The highest BCUT2D eigenvalue weighted by Gasteiger charge is 2.21. The highest BCUT2D eigenvalue weighted by atomic mass is 35.5. The zero-order valence-electron chi connectivity index (χ0n) is 6.75. The SMILES string of the molecule is O=C(OP(=O)(O)O)c1cccc(Cl)c1. The van der Waals surface area contributed by atoms with Crippen molar-refractivity contribution in [3.8, 4) is 0 Å². The average molecular weight is 237 g/mol. The lowest BCUT2D eigenvalue weighted by Gasteiger charge is -2.04. The lowest BCUT2D eigenvalue weighted by atomic mass is 10.2. The summed E-state index contributed by atoms with van der Waals surface area (Å²) >= 11 is 5.56. The topological polar surface area (TPSA) is 83.8 Å². The Morgan fingerprint density at radius 1 is 1.43 bits per heavy atom. The van der Waals surface area contributed by atoms with Gasteiger partial charge in [-0.1, -0.05) is 17.7 Å². The number of hydrogen-bond donors (Lipinski definition) is 2. The third-order valence-electron chi connectivity index (χ3n) is 1.26. The lowest BCUT2D eigenvalue weighted by molar-refractivity contribution is 0.0678. The molecule has 76 valence electrons. The van der Waals surface area contributed by atoms with Crippen LogP contribution in [0.15, 0.2) is 24.3 Å². The van der Waals surface area contributed by atoms with E-state index in [2.05, 4.69) is 4.52 Å². The summed E-state index contributed by atoms with van der Waals surface area (Å²) in [6.45, 7) is 0. The molecule has 0 saturated carbocycles. The van der Waals surface area contributed by atoms with E-state index in [-0.39, 0.29) is 10.6 Å². The van der Waals surface area contributed by atoms with Gasteiger partial charge in [-0.2, -0.15) is 0 Å². The molecule has 0 aliphatic rings. The first-order valence-corrected chi connectivity index (χ1v) is 5.34. The van der Waals surface area contributed by atoms with E-state index in [1.54, 1.807) is 0 Å². The van der Waals surface area contributed by atoms with Crippen molar-refractivity contribution in [3.63, 3.8) is 0 Å². The number of hydrogen-bond acceptors (Lipinski definition) is 3. The van der Waals surface area contributed by atoms with Crippen molar-refractivity contribution in [2.24, 2.45) is 0 Å². The van der Waals surface area contributed by atoms with Crippen LogP contribution in [-0.2, 0) is 9.09 Å². The van der Waals surface area contributed by atoms with Gasteiger partial charge in [0.1, 0.15) is 0 Å². The van der Waals surface area contributed by atoms with Crippen LogP contribution in [0.4, 0.5) is 0 Å². The summed E-state index contributed by atoms with van der Waals surface area (Å²) in [6, 6.07) is 5.58. The molecule has 0 spiro atoms. The first-order valence-electron chi connectivity index (χ1n) is 3.43. The van der Waals surface area contributed by atoms with Crippen LogP contribution in [0.1, 0.15) is 10.4 Å². The molecular weight excluding hydrogens is 230 g/mol. The van der Waals surface area contributed by atoms with Gasteiger partial charge in [0, 0.05) is 5.02 Å². The maximum absolute atomic E-state index is 11.0. The van der Waals surface area contributed by atoms with Crippen LogP contribution >= 0.6 is 19.4 Å². The van der Waals surface area contributed by atoms with Crippen molar-refractivity contribution < 1.29 is 23.7 Å². The number of phosphoric ester groups is 1. The van der Waals surface area contributed by atoms with E-state index >= 15 is 0 Å². The highest BCUT2D eigenvalue weighted by molar-refractivity contribution is 7.46. The van der Waals surface area contributed by atoms with Crippen LogP contribution in [0.2, 0.25) is 5.02 Å². The highest BCUT2D eigenvalue weighted by Crippen LogP contribution is 2.36. The zero-order valence-corrected chi connectivity index (χ0v) is 8.40. The Morgan fingerprint density at radius 2 is 2.07 bits per heavy atom. The normalized spacial score (nSPS) is 11.1. The molecular formula is C7H6ClO5P. The second kappa shape index (κ2) is 4.11. The van der Waals surface area contributed by atoms with E-state index in [4.69, 9.17) is 21.4 Å². The monoisotopic (exact) mass is 236 g/mol. The second-order valence-corrected chi connectivity index (χ2v) is 3.98. The minimum Gasteiger partial charge on any atom is -0.367 e. The van der Waals surface area contributed by atoms with E-state index in [1.165, 1.54) is 24.3 Å². The molecule has 0 amide bonds. The maximum Gasteiger partial charge on any atom is 0.527 e. The molecule has 1 aromatic carbocycles. The number of phosphoric acid groups is 1. The van der Waals surface area contributed by atoms with E-state index in [0.717, 1.165) is 0 Å². The van der Waals surface area contributed by atoms with Crippen LogP contribution in [0.3, 0.4) is 0 Å². The van der Waals surface area contributed by atoms with Crippen molar-refractivity contribution in [3.05, 3.63) is 34.9 Å². The van der Waals surface area contributed by atoms with Crippen LogP contribution in [-0.4, -0.2) is 15.8 Å². The number of halogens is 1. The van der Waals surface area contributed by atoms with Crippen LogP contribution in [0.25, 0.3) is 0 Å².